The van der Waals surface area contributed by atoms with Gasteiger partial charge in [0.05, 0.1) is 6.42 Å². The number of anilines is 1. The van der Waals surface area contributed by atoms with Crippen LogP contribution in [0, 0.1) is 12.8 Å². The molecule has 4 nitrogen and oxygen atoms in total. The number of carbonyl (C=O) groups is 1. The van der Waals surface area contributed by atoms with Crippen LogP contribution in [-0.4, -0.2) is 30.5 Å². The molecule has 1 amide bonds. The van der Waals surface area contributed by atoms with Crippen LogP contribution in [0.5, 0.6) is 0 Å². The van der Waals surface area contributed by atoms with E-state index in [0.29, 0.717) is 12.3 Å². The summed E-state index contributed by atoms with van der Waals surface area (Å²) in [7, 11) is 0. The third kappa shape index (κ3) is 4.55. The number of carbonyl (C=O) groups excluding carboxylic acids is 1. The van der Waals surface area contributed by atoms with E-state index in [1.807, 2.05) is 23.7 Å². The molecule has 1 N–H and O–H groups in total. The lowest BCUT2D eigenvalue weighted by molar-refractivity contribution is -0.120. The van der Waals surface area contributed by atoms with Gasteiger partial charge in [0.2, 0.25) is 5.91 Å². The van der Waals surface area contributed by atoms with Crippen LogP contribution < -0.4 is 10.2 Å². The number of benzene rings is 1. The number of amides is 1. The molecule has 122 valence electrons. The fourth-order valence-electron chi connectivity index (χ4n) is 3.11. The van der Waals surface area contributed by atoms with Gasteiger partial charge in [-0.1, -0.05) is 29.8 Å². The van der Waals surface area contributed by atoms with Crippen molar-refractivity contribution in [3.63, 3.8) is 0 Å². The number of hydrogen-bond donors (Lipinski definition) is 1. The number of rotatable bonds is 5. The molecule has 0 spiro atoms. The maximum atomic E-state index is 12.1. The number of nitrogens with zero attached hydrogens (tertiary/aromatic N) is 2. The summed E-state index contributed by atoms with van der Waals surface area (Å²) < 4.78 is 0. The van der Waals surface area contributed by atoms with E-state index in [1.54, 1.807) is 11.3 Å². The Hall–Kier alpha value is -1.88. The second kappa shape index (κ2) is 7.59. The van der Waals surface area contributed by atoms with Gasteiger partial charge in [0.15, 0.2) is 5.13 Å². The number of nitrogens with one attached hydrogen (secondary N) is 1. The molecule has 1 fully saturated rings. The maximum absolute atomic E-state index is 12.1. The summed E-state index contributed by atoms with van der Waals surface area (Å²) in [5.74, 6) is 0.621. The predicted molar refractivity (Wildman–Crippen MR) is 94.9 cm³/mol. The highest BCUT2D eigenvalue weighted by atomic mass is 32.1. The van der Waals surface area contributed by atoms with E-state index in [0.717, 1.165) is 36.8 Å². The third-order valence-corrected chi connectivity index (χ3v) is 5.08. The first-order valence-corrected chi connectivity index (χ1v) is 9.05. The normalized spacial score (nSPS) is 18.0. The molecule has 0 radical (unpaired) electrons. The molecule has 5 heteroatoms. The average Bonchev–Trinajstić information content (AvgIpc) is 3.08. The van der Waals surface area contributed by atoms with Gasteiger partial charge < -0.3 is 10.2 Å². The Morgan fingerprint density at radius 2 is 2.39 bits per heavy atom. The minimum absolute atomic E-state index is 0.113. The van der Waals surface area contributed by atoms with Crippen LogP contribution in [0.3, 0.4) is 0 Å². The van der Waals surface area contributed by atoms with Crippen molar-refractivity contribution in [2.75, 3.05) is 24.5 Å². The van der Waals surface area contributed by atoms with E-state index in [1.165, 1.54) is 12.0 Å². The molecule has 0 bridgehead atoms. The number of hydrogen-bond acceptors (Lipinski definition) is 4. The molecule has 3 rings (SSSR count). The lowest BCUT2D eigenvalue weighted by atomic mass is 9.98. The quantitative estimate of drug-likeness (QED) is 0.917. The van der Waals surface area contributed by atoms with Gasteiger partial charge in [-0.25, -0.2) is 4.98 Å². The highest BCUT2D eigenvalue weighted by Gasteiger charge is 2.21. The van der Waals surface area contributed by atoms with Gasteiger partial charge in [0.25, 0.3) is 0 Å². The molecular weight excluding hydrogens is 306 g/mol. The summed E-state index contributed by atoms with van der Waals surface area (Å²) in [6, 6.07) is 8.14. The van der Waals surface area contributed by atoms with E-state index in [9.17, 15) is 4.79 Å². The monoisotopic (exact) mass is 329 g/mol. The molecular formula is C18H23N3OS. The van der Waals surface area contributed by atoms with Crippen LogP contribution in [0.1, 0.15) is 24.0 Å². The van der Waals surface area contributed by atoms with Crippen molar-refractivity contribution in [2.24, 2.45) is 5.92 Å². The topological polar surface area (TPSA) is 45.2 Å². The van der Waals surface area contributed by atoms with Gasteiger partial charge in [0, 0.05) is 31.2 Å². The summed E-state index contributed by atoms with van der Waals surface area (Å²) in [4.78, 5) is 18.9. The fourth-order valence-corrected chi connectivity index (χ4v) is 3.79. The highest BCUT2D eigenvalue weighted by molar-refractivity contribution is 7.13. The number of piperidine rings is 1. The smallest absolute Gasteiger partial charge is 0.224 e. The zero-order valence-corrected chi connectivity index (χ0v) is 14.3. The minimum atomic E-state index is 0.113. The zero-order chi connectivity index (χ0) is 16.1. The molecule has 0 aliphatic carbocycles. The van der Waals surface area contributed by atoms with E-state index in [4.69, 9.17) is 0 Å². The van der Waals surface area contributed by atoms with Crippen LogP contribution in [0.15, 0.2) is 35.8 Å². The Morgan fingerprint density at radius 3 is 3.17 bits per heavy atom. The lowest BCUT2D eigenvalue weighted by Gasteiger charge is -2.32. The van der Waals surface area contributed by atoms with Gasteiger partial charge >= 0.3 is 0 Å². The molecule has 2 heterocycles. The van der Waals surface area contributed by atoms with Crippen molar-refractivity contribution in [3.8, 4) is 0 Å². The van der Waals surface area contributed by atoms with E-state index < -0.39 is 0 Å². The minimum Gasteiger partial charge on any atom is -0.355 e. The molecule has 2 aromatic rings. The maximum Gasteiger partial charge on any atom is 0.224 e. The Labute approximate surface area is 141 Å². The van der Waals surface area contributed by atoms with Gasteiger partial charge in [-0.2, -0.15) is 0 Å². The predicted octanol–water partition coefficient (Wildman–Crippen LogP) is 3.03. The average molecular weight is 329 g/mol. The molecule has 1 saturated heterocycles. The summed E-state index contributed by atoms with van der Waals surface area (Å²) in [5, 5.41) is 6.22. The van der Waals surface area contributed by atoms with Gasteiger partial charge in [-0.05, 0) is 31.2 Å². The van der Waals surface area contributed by atoms with Crippen molar-refractivity contribution in [3.05, 3.63) is 47.0 Å². The van der Waals surface area contributed by atoms with Gasteiger partial charge in [-0.3, -0.25) is 4.79 Å². The first-order valence-electron chi connectivity index (χ1n) is 8.17. The second-order valence-electron chi connectivity index (χ2n) is 6.24. The van der Waals surface area contributed by atoms with Gasteiger partial charge in [-0.15, -0.1) is 11.3 Å². The number of thiazole rings is 1. The largest absolute Gasteiger partial charge is 0.355 e. The standard InChI is InChI=1S/C18H23N3OS/c1-14-4-2-5-15(10-14)11-17(22)20-12-16-6-3-8-21(13-16)18-19-7-9-23-18/h2,4-5,7,9-10,16H,3,6,8,11-13H2,1H3,(H,20,22). The third-order valence-electron chi connectivity index (χ3n) is 4.24. The Kier molecular flexibility index (Phi) is 5.28. The zero-order valence-electron chi connectivity index (χ0n) is 13.5. The molecule has 1 aliphatic heterocycles. The first-order chi connectivity index (χ1) is 11.2. The van der Waals surface area contributed by atoms with Crippen LogP contribution in [0.2, 0.25) is 0 Å². The fraction of sp³-hybridized carbons (Fsp3) is 0.444. The number of aryl methyl sites for hydroxylation is 1. The van der Waals surface area contributed by atoms with Crippen molar-refractivity contribution in [1.29, 1.82) is 0 Å². The van der Waals surface area contributed by atoms with Crippen LogP contribution in [-0.2, 0) is 11.2 Å². The summed E-state index contributed by atoms with van der Waals surface area (Å²) in [6.07, 6.45) is 4.66. The van der Waals surface area contributed by atoms with Crippen molar-refractivity contribution < 1.29 is 4.79 Å². The van der Waals surface area contributed by atoms with Crippen molar-refractivity contribution >= 4 is 22.4 Å². The Balaban J connectivity index is 1.47. The van der Waals surface area contributed by atoms with Crippen LogP contribution >= 0.6 is 11.3 Å². The summed E-state index contributed by atoms with van der Waals surface area (Å²) >= 11 is 1.69. The number of aromatic nitrogens is 1. The Bertz CT molecular complexity index is 641. The SMILES string of the molecule is Cc1cccc(CC(=O)NCC2CCCN(c3nccs3)C2)c1. The highest BCUT2D eigenvalue weighted by Crippen LogP contribution is 2.24. The molecule has 1 atom stereocenters. The van der Waals surface area contributed by atoms with E-state index in [2.05, 4.69) is 34.3 Å². The summed E-state index contributed by atoms with van der Waals surface area (Å²) in [5.41, 5.74) is 2.28. The Morgan fingerprint density at radius 1 is 1.48 bits per heavy atom. The summed E-state index contributed by atoms with van der Waals surface area (Å²) in [6.45, 7) is 4.86. The van der Waals surface area contributed by atoms with Crippen LogP contribution in [0.4, 0.5) is 5.13 Å². The molecule has 23 heavy (non-hydrogen) atoms. The molecule has 1 aromatic carbocycles. The molecule has 1 aliphatic rings. The van der Waals surface area contributed by atoms with E-state index >= 15 is 0 Å². The first kappa shape index (κ1) is 16.0. The van der Waals surface area contributed by atoms with Crippen molar-refractivity contribution in [2.45, 2.75) is 26.2 Å². The van der Waals surface area contributed by atoms with E-state index in [-0.39, 0.29) is 5.91 Å². The lowest BCUT2D eigenvalue weighted by Crippen LogP contribution is -2.41. The molecule has 0 saturated carbocycles. The molecule has 1 aromatic heterocycles. The van der Waals surface area contributed by atoms with Crippen molar-refractivity contribution in [1.82, 2.24) is 10.3 Å². The van der Waals surface area contributed by atoms with Crippen LogP contribution in [0.25, 0.3) is 0 Å². The second-order valence-corrected chi connectivity index (χ2v) is 7.11. The molecule has 1 unspecified atom stereocenters. The van der Waals surface area contributed by atoms with Gasteiger partial charge in [0.1, 0.15) is 0 Å².